The van der Waals surface area contributed by atoms with Crippen LogP contribution in [0, 0.1) is 22.2 Å². The number of alkyl halides is 5. The van der Waals surface area contributed by atoms with Gasteiger partial charge in [0.15, 0.2) is 0 Å². The molecule has 4 unspecified atom stereocenters. The molecular weight excluding hydrogens is 559 g/mol. The fourth-order valence-electron chi connectivity index (χ4n) is 4.84. The number of para-hydroxylation sites is 1. The molecule has 0 heterocycles. The molecule has 1 fully saturated rings. The van der Waals surface area contributed by atoms with Crippen molar-refractivity contribution >= 4 is 37.6 Å². The van der Waals surface area contributed by atoms with Crippen LogP contribution < -0.4 is 4.74 Å². The second-order valence-corrected chi connectivity index (χ2v) is 12.8. The maximum Gasteiger partial charge on any atom is 0.420 e. The normalized spacial score (nSPS) is 26.7. The van der Waals surface area contributed by atoms with E-state index in [0.29, 0.717) is 23.3 Å². The van der Waals surface area contributed by atoms with Crippen molar-refractivity contribution in [2.75, 3.05) is 6.26 Å². The monoisotopic (exact) mass is 579 g/mol. The molecule has 2 aromatic carbocycles. The molecule has 0 aliphatic heterocycles. The molecule has 2 aromatic rings. The fraction of sp³-hybridized carbons (Fsp3) is 0.435. The Morgan fingerprint density at radius 2 is 1.62 bits per heavy atom. The highest BCUT2D eigenvalue weighted by Crippen LogP contribution is 2.81. The highest BCUT2D eigenvalue weighted by Gasteiger charge is 2.88. The predicted molar refractivity (Wildman–Crippen MR) is 125 cm³/mol. The summed E-state index contributed by atoms with van der Waals surface area (Å²) in [5.74, 6) is 0.939. The summed E-state index contributed by atoms with van der Waals surface area (Å²) >= 11 is 8.34. The van der Waals surface area contributed by atoms with Crippen LogP contribution in [0.5, 0.6) is 11.5 Å². The van der Waals surface area contributed by atoms with Crippen molar-refractivity contribution in [1.82, 2.24) is 0 Å². The first-order valence-corrected chi connectivity index (χ1v) is 13.0. The lowest BCUT2D eigenvalue weighted by molar-refractivity contribution is -0.160. The van der Waals surface area contributed by atoms with E-state index in [-0.39, 0.29) is 0 Å². The zero-order valence-electron chi connectivity index (χ0n) is 18.7. The van der Waals surface area contributed by atoms with Gasteiger partial charge >= 0.3 is 6.18 Å². The molecular formula is C23H22BrClF3NO4S. The summed E-state index contributed by atoms with van der Waals surface area (Å²) in [5.41, 5.74) is -4.00. The smallest absolute Gasteiger partial charge is 0.420 e. The molecule has 3 rings (SSSR count). The van der Waals surface area contributed by atoms with Crippen LogP contribution in [-0.4, -0.2) is 30.7 Å². The van der Waals surface area contributed by atoms with E-state index in [1.54, 1.807) is 69.3 Å². The topological polar surface area (TPSA) is 76.4 Å². The molecule has 1 saturated carbocycles. The molecule has 184 valence electrons. The minimum Gasteiger partial charge on any atom is -0.457 e. The summed E-state index contributed by atoms with van der Waals surface area (Å²) in [7, 11) is -4.44. The standard InChI is InChI=1S/C23H22BrClF3NO4S/c1-19(2)20(3,15-9-8-12-17(13-15)32-16-10-6-5-7-11-16)21(19,14-29)18(33-34(4,30)31)22(24,25)23(26,27)28/h5-13,18H,1-4H3. The van der Waals surface area contributed by atoms with Gasteiger partial charge in [-0.2, -0.15) is 26.9 Å². The van der Waals surface area contributed by atoms with E-state index < -0.39 is 42.4 Å². The number of ether oxygens (including phenoxy) is 1. The lowest BCUT2D eigenvalue weighted by Crippen LogP contribution is -2.53. The largest absolute Gasteiger partial charge is 0.457 e. The molecule has 0 saturated heterocycles. The Hall–Kier alpha value is -1.80. The van der Waals surface area contributed by atoms with Crippen LogP contribution in [-0.2, 0) is 19.7 Å². The second-order valence-electron chi connectivity index (χ2n) is 8.91. The zero-order valence-corrected chi connectivity index (χ0v) is 21.8. The summed E-state index contributed by atoms with van der Waals surface area (Å²) in [4.78, 5) is 0. The van der Waals surface area contributed by atoms with Crippen LogP contribution in [0.4, 0.5) is 13.2 Å². The summed E-state index contributed by atoms with van der Waals surface area (Å²) < 4.78 is 73.4. The molecule has 0 bridgehead atoms. The SMILES string of the molecule is CC1(C)C(C)(c2cccc(Oc3ccccc3)c2)C1(C#N)C(OS(C)(=O)=O)C(Cl)(Br)C(F)(F)F. The minimum atomic E-state index is -5.15. The number of rotatable bonds is 7. The summed E-state index contributed by atoms with van der Waals surface area (Å²) in [6.07, 6.45) is -6.84. The van der Waals surface area contributed by atoms with Gasteiger partial charge in [0.05, 0.1) is 12.3 Å². The maximum absolute atomic E-state index is 14.0. The van der Waals surface area contributed by atoms with Crippen molar-refractivity contribution in [3.8, 4) is 17.6 Å². The molecule has 0 spiro atoms. The van der Waals surface area contributed by atoms with Crippen molar-refractivity contribution in [2.45, 2.75) is 42.2 Å². The van der Waals surface area contributed by atoms with Crippen LogP contribution in [0.15, 0.2) is 54.6 Å². The third-order valence-electron chi connectivity index (χ3n) is 6.90. The van der Waals surface area contributed by atoms with Gasteiger partial charge in [0.25, 0.3) is 10.1 Å². The Kier molecular flexibility index (Phi) is 6.62. The molecule has 1 aliphatic rings. The number of hydrogen-bond acceptors (Lipinski definition) is 5. The molecule has 34 heavy (non-hydrogen) atoms. The number of nitrogens with zero attached hydrogens (tertiary/aromatic N) is 1. The van der Waals surface area contributed by atoms with E-state index >= 15 is 0 Å². The van der Waals surface area contributed by atoms with Gasteiger partial charge < -0.3 is 4.74 Å². The number of benzene rings is 2. The lowest BCUT2D eigenvalue weighted by Gasteiger charge is -2.36. The number of nitriles is 1. The van der Waals surface area contributed by atoms with Crippen LogP contribution in [0.1, 0.15) is 26.3 Å². The Labute approximate surface area is 210 Å². The third kappa shape index (κ3) is 4.00. The van der Waals surface area contributed by atoms with Crippen molar-refractivity contribution in [3.63, 3.8) is 0 Å². The van der Waals surface area contributed by atoms with Gasteiger partial charge in [0.1, 0.15) is 23.0 Å². The van der Waals surface area contributed by atoms with Crippen molar-refractivity contribution in [3.05, 3.63) is 60.2 Å². The first kappa shape index (κ1) is 26.8. The summed E-state index contributed by atoms with van der Waals surface area (Å²) in [6.45, 7) is 4.75. The van der Waals surface area contributed by atoms with E-state index in [9.17, 15) is 26.9 Å². The first-order valence-electron chi connectivity index (χ1n) is 10.0. The zero-order chi connectivity index (χ0) is 25.8. The lowest BCUT2D eigenvalue weighted by atomic mass is 9.83. The van der Waals surface area contributed by atoms with E-state index in [2.05, 4.69) is 15.9 Å². The van der Waals surface area contributed by atoms with E-state index in [0.717, 1.165) is 0 Å². The van der Waals surface area contributed by atoms with Crippen LogP contribution in [0.3, 0.4) is 0 Å². The average Bonchev–Trinajstić information content (AvgIpc) is 3.13. The summed E-state index contributed by atoms with van der Waals surface area (Å²) in [6, 6.07) is 17.4. The van der Waals surface area contributed by atoms with Gasteiger partial charge in [-0.05, 0) is 35.2 Å². The van der Waals surface area contributed by atoms with Gasteiger partial charge in [-0.25, -0.2) is 0 Å². The quantitative estimate of drug-likeness (QED) is 0.275. The van der Waals surface area contributed by atoms with Gasteiger partial charge in [-0.15, -0.1) is 0 Å². The highest BCUT2D eigenvalue weighted by atomic mass is 79.9. The number of halogens is 5. The van der Waals surface area contributed by atoms with Gasteiger partial charge in [-0.3, -0.25) is 4.18 Å². The highest BCUT2D eigenvalue weighted by molar-refractivity contribution is 9.10. The Bertz CT molecular complexity index is 1230. The Morgan fingerprint density at radius 1 is 1.06 bits per heavy atom. The number of hydrogen-bond donors (Lipinski definition) is 0. The fourth-order valence-corrected chi connectivity index (χ4v) is 6.30. The van der Waals surface area contributed by atoms with Crippen molar-refractivity contribution < 1.29 is 30.5 Å². The molecule has 0 N–H and O–H groups in total. The molecule has 0 amide bonds. The average molecular weight is 581 g/mol. The Morgan fingerprint density at radius 3 is 2.12 bits per heavy atom. The molecule has 0 aromatic heterocycles. The summed E-state index contributed by atoms with van der Waals surface area (Å²) in [5, 5.41) is 10.3. The first-order chi connectivity index (χ1) is 15.5. The van der Waals surface area contributed by atoms with Crippen LogP contribution >= 0.6 is 27.5 Å². The maximum atomic E-state index is 14.0. The minimum absolute atomic E-state index is 0.395. The molecule has 11 heteroatoms. The van der Waals surface area contributed by atoms with Crippen molar-refractivity contribution in [1.29, 1.82) is 5.26 Å². The second kappa shape index (κ2) is 8.40. The van der Waals surface area contributed by atoms with Crippen molar-refractivity contribution in [2.24, 2.45) is 10.8 Å². The van der Waals surface area contributed by atoms with Gasteiger partial charge in [0.2, 0.25) is 3.78 Å². The molecule has 1 aliphatic carbocycles. The molecule has 4 atom stereocenters. The Balaban J connectivity index is 2.17. The molecule has 0 radical (unpaired) electrons. The van der Waals surface area contributed by atoms with E-state index in [1.807, 2.05) is 12.1 Å². The van der Waals surface area contributed by atoms with Crippen LogP contribution in [0.25, 0.3) is 0 Å². The van der Waals surface area contributed by atoms with E-state index in [1.165, 1.54) is 0 Å². The predicted octanol–water partition coefficient (Wildman–Crippen LogP) is 6.52. The molecule has 5 nitrogen and oxygen atoms in total. The van der Waals surface area contributed by atoms with E-state index in [4.69, 9.17) is 20.5 Å². The third-order valence-corrected chi connectivity index (χ3v) is 8.72. The van der Waals surface area contributed by atoms with Gasteiger partial charge in [-0.1, -0.05) is 78.6 Å². The van der Waals surface area contributed by atoms with Crippen LogP contribution in [0.2, 0.25) is 0 Å². The van der Waals surface area contributed by atoms with Gasteiger partial charge in [0, 0.05) is 5.41 Å².